The first-order chi connectivity index (χ1) is 7.70. The molecule has 1 fully saturated rings. The van der Waals surface area contributed by atoms with Gasteiger partial charge in [-0.3, -0.25) is 0 Å². The summed E-state index contributed by atoms with van der Waals surface area (Å²) in [5.41, 5.74) is 0. The van der Waals surface area contributed by atoms with E-state index in [1.165, 1.54) is 0 Å². The molecular weight excluding hydrogens is 214 g/mol. The molecule has 1 saturated carbocycles. The van der Waals surface area contributed by atoms with Crippen LogP contribution in [0, 0.1) is 0 Å². The summed E-state index contributed by atoms with van der Waals surface area (Å²) in [6.07, 6.45) is -1.05. The smallest absolute Gasteiger partial charge is 0.160 e. The minimum absolute atomic E-state index is 0.262. The topological polar surface area (TPSA) is 18.5 Å². The summed E-state index contributed by atoms with van der Waals surface area (Å²) in [4.78, 5) is 0. The summed E-state index contributed by atoms with van der Waals surface area (Å²) < 4.78 is 37.7. The molecule has 1 rings (SSSR count). The van der Waals surface area contributed by atoms with Crippen LogP contribution in [0.2, 0.25) is 0 Å². The van der Waals surface area contributed by atoms with Crippen molar-refractivity contribution in [3.05, 3.63) is 12.7 Å². The van der Waals surface area contributed by atoms with E-state index in [-0.39, 0.29) is 6.61 Å². The van der Waals surface area contributed by atoms with Gasteiger partial charge in [0.2, 0.25) is 0 Å². The van der Waals surface area contributed by atoms with E-state index in [1.807, 2.05) is 6.92 Å². The average molecular weight is 234 g/mol. The van der Waals surface area contributed by atoms with Crippen LogP contribution in [-0.2, 0) is 9.47 Å². The third-order valence-electron chi connectivity index (χ3n) is 2.71. The predicted octanol–water partition coefficient (Wildman–Crippen LogP) is 2.82. The van der Waals surface area contributed by atoms with Crippen molar-refractivity contribution in [2.24, 2.45) is 0 Å². The highest BCUT2D eigenvalue weighted by Gasteiger charge is 2.41. The summed E-state index contributed by atoms with van der Waals surface area (Å²) in [6, 6.07) is 0. The Hall–Kier alpha value is -0.480. The van der Waals surface area contributed by atoms with Crippen molar-refractivity contribution in [3.8, 4) is 0 Å². The molecule has 4 heteroatoms. The molecule has 4 atom stereocenters. The lowest BCUT2D eigenvalue weighted by Crippen LogP contribution is -2.46. The zero-order chi connectivity index (χ0) is 12.0. The number of rotatable bonds is 6. The molecule has 94 valence electrons. The fourth-order valence-electron chi connectivity index (χ4n) is 1.87. The number of hydrogen-bond donors (Lipinski definition) is 0. The van der Waals surface area contributed by atoms with E-state index in [0.717, 1.165) is 6.42 Å². The minimum atomic E-state index is -1.59. The molecule has 1 aliphatic rings. The molecule has 0 heterocycles. The standard InChI is InChI=1S/C12H20F2O2/c1-3-7-15-9-5-6-10(16-8-4-2)12(14)11(9)13/h3,9-12H,1,4-8H2,2H3. The quantitative estimate of drug-likeness (QED) is 0.658. The van der Waals surface area contributed by atoms with Crippen LogP contribution in [0.15, 0.2) is 12.7 Å². The molecule has 0 saturated heterocycles. The average Bonchev–Trinajstić information content (AvgIpc) is 2.30. The van der Waals surface area contributed by atoms with E-state index in [2.05, 4.69) is 6.58 Å². The fraction of sp³-hybridized carbons (Fsp3) is 0.833. The van der Waals surface area contributed by atoms with Crippen molar-refractivity contribution in [3.63, 3.8) is 0 Å². The van der Waals surface area contributed by atoms with Crippen LogP contribution in [0.25, 0.3) is 0 Å². The highest BCUT2D eigenvalue weighted by molar-refractivity contribution is 4.90. The van der Waals surface area contributed by atoms with Gasteiger partial charge in [-0.2, -0.15) is 0 Å². The molecule has 0 radical (unpaired) electrons. The molecule has 0 spiro atoms. The maximum atomic E-state index is 13.6. The number of halogens is 2. The monoisotopic (exact) mass is 234 g/mol. The van der Waals surface area contributed by atoms with Gasteiger partial charge in [-0.15, -0.1) is 6.58 Å². The first-order valence-electron chi connectivity index (χ1n) is 5.83. The van der Waals surface area contributed by atoms with Crippen molar-refractivity contribution in [2.75, 3.05) is 13.2 Å². The predicted molar refractivity (Wildman–Crippen MR) is 59.0 cm³/mol. The summed E-state index contributed by atoms with van der Waals surface area (Å²) in [5.74, 6) is 0. The van der Waals surface area contributed by atoms with Gasteiger partial charge in [-0.25, -0.2) is 8.78 Å². The Labute approximate surface area is 95.6 Å². The van der Waals surface area contributed by atoms with Gasteiger partial charge in [0.25, 0.3) is 0 Å². The second-order valence-corrected chi connectivity index (χ2v) is 4.04. The Morgan fingerprint density at radius 3 is 2.25 bits per heavy atom. The van der Waals surface area contributed by atoms with Gasteiger partial charge in [0.15, 0.2) is 12.3 Å². The minimum Gasteiger partial charge on any atom is -0.375 e. The number of ether oxygens (including phenoxy) is 2. The van der Waals surface area contributed by atoms with Crippen molar-refractivity contribution in [2.45, 2.75) is 50.7 Å². The number of hydrogen-bond acceptors (Lipinski definition) is 2. The van der Waals surface area contributed by atoms with Crippen molar-refractivity contribution < 1.29 is 18.3 Å². The van der Waals surface area contributed by atoms with Crippen LogP contribution < -0.4 is 0 Å². The molecular formula is C12H20F2O2. The maximum Gasteiger partial charge on any atom is 0.160 e. The molecule has 0 amide bonds. The molecule has 1 aliphatic carbocycles. The lowest BCUT2D eigenvalue weighted by atomic mass is 9.91. The second-order valence-electron chi connectivity index (χ2n) is 4.04. The summed E-state index contributed by atoms with van der Waals surface area (Å²) >= 11 is 0. The third kappa shape index (κ3) is 3.52. The normalized spacial score (nSPS) is 34.9. The lowest BCUT2D eigenvalue weighted by molar-refractivity contribution is -0.113. The molecule has 0 aromatic carbocycles. The van der Waals surface area contributed by atoms with Crippen molar-refractivity contribution >= 4 is 0 Å². The van der Waals surface area contributed by atoms with E-state index in [1.54, 1.807) is 6.08 Å². The molecule has 4 unspecified atom stereocenters. The van der Waals surface area contributed by atoms with Crippen LogP contribution >= 0.6 is 0 Å². The third-order valence-corrected chi connectivity index (χ3v) is 2.71. The zero-order valence-electron chi connectivity index (χ0n) is 9.70. The summed E-state index contributed by atoms with van der Waals surface area (Å²) in [5, 5.41) is 0. The molecule has 2 nitrogen and oxygen atoms in total. The molecule has 0 aliphatic heterocycles. The van der Waals surface area contributed by atoms with Crippen molar-refractivity contribution in [1.29, 1.82) is 0 Å². The van der Waals surface area contributed by atoms with Gasteiger partial charge in [0.1, 0.15) is 0 Å². The molecule has 16 heavy (non-hydrogen) atoms. The molecule has 0 aromatic heterocycles. The van der Waals surface area contributed by atoms with E-state index in [4.69, 9.17) is 9.47 Å². The Kier molecular flexibility index (Phi) is 5.91. The number of alkyl halides is 2. The highest BCUT2D eigenvalue weighted by Crippen LogP contribution is 2.29. The molecule has 0 bridgehead atoms. The fourth-order valence-corrected chi connectivity index (χ4v) is 1.87. The Balaban J connectivity index is 2.40. The second kappa shape index (κ2) is 6.97. The first kappa shape index (κ1) is 13.6. The van der Waals surface area contributed by atoms with E-state index < -0.39 is 24.6 Å². The van der Waals surface area contributed by atoms with E-state index >= 15 is 0 Å². The van der Waals surface area contributed by atoms with Gasteiger partial charge in [-0.05, 0) is 19.3 Å². The van der Waals surface area contributed by atoms with Crippen LogP contribution in [0.5, 0.6) is 0 Å². The summed E-state index contributed by atoms with van der Waals surface area (Å²) in [7, 11) is 0. The van der Waals surface area contributed by atoms with Gasteiger partial charge >= 0.3 is 0 Å². The largest absolute Gasteiger partial charge is 0.375 e. The van der Waals surface area contributed by atoms with E-state index in [9.17, 15) is 8.78 Å². The Bertz CT molecular complexity index is 211. The molecule has 0 aromatic rings. The van der Waals surface area contributed by atoms with Crippen LogP contribution in [0.1, 0.15) is 26.2 Å². The van der Waals surface area contributed by atoms with Crippen LogP contribution in [0.3, 0.4) is 0 Å². The maximum absolute atomic E-state index is 13.6. The summed E-state index contributed by atoms with van der Waals surface area (Å²) in [6.45, 7) is 6.17. The van der Waals surface area contributed by atoms with Gasteiger partial charge < -0.3 is 9.47 Å². The highest BCUT2D eigenvalue weighted by atomic mass is 19.2. The van der Waals surface area contributed by atoms with Crippen molar-refractivity contribution in [1.82, 2.24) is 0 Å². The van der Waals surface area contributed by atoms with Gasteiger partial charge in [-0.1, -0.05) is 13.0 Å². The van der Waals surface area contributed by atoms with Crippen LogP contribution in [-0.4, -0.2) is 37.8 Å². The van der Waals surface area contributed by atoms with Gasteiger partial charge in [0.05, 0.1) is 18.8 Å². The first-order valence-corrected chi connectivity index (χ1v) is 5.83. The van der Waals surface area contributed by atoms with Crippen LogP contribution in [0.4, 0.5) is 8.78 Å². The molecule has 0 N–H and O–H groups in total. The Morgan fingerprint density at radius 1 is 1.19 bits per heavy atom. The lowest BCUT2D eigenvalue weighted by Gasteiger charge is -2.34. The zero-order valence-corrected chi connectivity index (χ0v) is 9.70. The van der Waals surface area contributed by atoms with Gasteiger partial charge in [0, 0.05) is 6.61 Å². The Morgan fingerprint density at radius 2 is 1.75 bits per heavy atom. The van der Waals surface area contributed by atoms with E-state index in [0.29, 0.717) is 19.4 Å². The SMILES string of the molecule is C=CCOC1CCC(OCCC)C(F)C1F.